The molecule has 0 aliphatic rings. The van der Waals surface area contributed by atoms with Gasteiger partial charge in [-0.25, -0.2) is 4.79 Å². The van der Waals surface area contributed by atoms with E-state index >= 15 is 0 Å². The molecule has 0 unspecified atom stereocenters. The maximum atomic E-state index is 11.6. The van der Waals surface area contributed by atoms with Gasteiger partial charge in [0, 0.05) is 12.2 Å². The summed E-state index contributed by atoms with van der Waals surface area (Å²) < 4.78 is 14.8. The number of amides is 1. The first-order valence-corrected chi connectivity index (χ1v) is 6.61. The largest absolute Gasteiger partial charge is 0.454 e. The highest BCUT2D eigenvalue weighted by atomic mass is 16.6. The van der Waals surface area contributed by atoms with E-state index in [1.165, 1.54) is 0 Å². The zero-order valence-corrected chi connectivity index (χ0v) is 11.9. The Balaban J connectivity index is 1.83. The fourth-order valence-corrected chi connectivity index (χ4v) is 1.50. The van der Waals surface area contributed by atoms with Crippen LogP contribution in [0, 0.1) is 0 Å². The molecule has 0 spiro atoms. The number of hydrogen-bond donors (Lipinski definition) is 1. The number of hydrogen-bond acceptors (Lipinski definition) is 7. The van der Waals surface area contributed by atoms with E-state index in [0.29, 0.717) is 6.61 Å². The number of aromatic nitrogens is 2. The molecule has 1 aromatic heterocycles. The summed E-state index contributed by atoms with van der Waals surface area (Å²) >= 11 is 0. The van der Waals surface area contributed by atoms with Gasteiger partial charge in [0.25, 0.3) is 5.91 Å². The highest BCUT2D eigenvalue weighted by Crippen LogP contribution is 2.18. The Morgan fingerprint density at radius 1 is 1.18 bits per heavy atom. The number of rotatable bonds is 7. The Hall–Kier alpha value is -2.74. The lowest BCUT2D eigenvalue weighted by Crippen LogP contribution is -2.23. The van der Waals surface area contributed by atoms with Gasteiger partial charge in [0.1, 0.15) is 6.61 Å². The van der Waals surface area contributed by atoms with Gasteiger partial charge in [-0.15, -0.1) is 5.10 Å². The van der Waals surface area contributed by atoms with Crippen LogP contribution in [0.2, 0.25) is 0 Å². The van der Waals surface area contributed by atoms with Crippen LogP contribution in [0.15, 0.2) is 34.7 Å². The van der Waals surface area contributed by atoms with Crippen LogP contribution in [-0.4, -0.2) is 41.9 Å². The van der Waals surface area contributed by atoms with E-state index in [1.807, 2.05) is 18.2 Å². The minimum absolute atomic E-state index is 0.0651. The topological polar surface area (TPSA) is 104 Å². The van der Waals surface area contributed by atoms with Gasteiger partial charge in [0.15, 0.2) is 6.61 Å². The molecule has 0 atom stereocenters. The van der Waals surface area contributed by atoms with Crippen molar-refractivity contribution in [3.8, 4) is 11.5 Å². The van der Waals surface area contributed by atoms with E-state index in [1.54, 1.807) is 19.1 Å². The average molecular weight is 305 g/mol. The third-order valence-electron chi connectivity index (χ3n) is 2.48. The van der Waals surface area contributed by atoms with Crippen molar-refractivity contribution in [2.45, 2.75) is 6.92 Å². The second kappa shape index (κ2) is 7.89. The number of anilines is 1. The van der Waals surface area contributed by atoms with Crippen LogP contribution < -0.4 is 5.32 Å². The molecule has 1 amide bonds. The molecule has 0 saturated carbocycles. The van der Waals surface area contributed by atoms with Crippen molar-refractivity contribution in [3.05, 3.63) is 30.3 Å². The Bertz CT molecular complexity index is 626. The summed E-state index contributed by atoms with van der Waals surface area (Å²) in [5, 5.41) is 9.86. The molecule has 8 nitrogen and oxygen atoms in total. The van der Waals surface area contributed by atoms with Gasteiger partial charge < -0.3 is 13.9 Å². The molecular weight excluding hydrogens is 290 g/mol. The molecule has 1 N–H and O–H groups in total. The first-order valence-electron chi connectivity index (χ1n) is 6.61. The monoisotopic (exact) mass is 305 g/mol. The second-order valence-electron chi connectivity index (χ2n) is 4.12. The number of benzene rings is 1. The quantitative estimate of drug-likeness (QED) is 0.768. The molecule has 0 aliphatic carbocycles. The first-order chi connectivity index (χ1) is 10.7. The van der Waals surface area contributed by atoms with Crippen LogP contribution in [0.4, 0.5) is 6.01 Å². The lowest BCUT2D eigenvalue weighted by Gasteiger charge is -2.03. The van der Waals surface area contributed by atoms with Gasteiger partial charge in [-0.2, -0.15) is 0 Å². The summed E-state index contributed by atoms with van der Waals surface area (Å²) in [6, 6.07) is 9.05. The van der Waals surface area contributed by atoms with Gasteiger partial charge in [0.05, 0.1) is 0 Å². The molecule has 1 aromatic carbocycles. The molecule has 1 heterocycles. The summed E-state index contributed by atoms with van der Waals surface area (Å²) in [6.45, 7) is 1.50. The Morgan fingerprint density at radius 3 is 2.68 bits per heavy atom. The van der Waals surface area contributed by atoms with Crippen LogP contribution in [0.3, 0.4) is 0 Å². The van der Waals surface area contributed by atoms with Crippen molar-refractivity contribution >= 4 is 17.9 Å². The lowest BCUT2D eigenvalue weighted by atomic mass is 10.2. The van der Waals surface area contributed by atoms with Crippen LogP contribution >= 0.6 is 0 Å². The molecule has 8 heteroatoms. The molecular formula is C14H15N3O5. The van der Waals surface area contributed by atoms with E-state index in [0.717, 1.165) is 5.56 Å². The normalized spacial score (nSPS) is 10.2. The van der Waals surface area contributed by atoms with Crippen LogP contribution in [-0.2, 0) is 19.1 Å². The average Bonchev–Trinajstić information content (AvgIpc) is 3.00. The third-order valence-corrected chi connectivity index (χ3v) is 2.48. The molecule has 0 bridgehead atoms. The Labute approximate surface area is 126 Å². The molecule has 0 fully saturated rings. The highest BCUT2D eigenvalue weighted by molar-refractivity contribution is 5.91. The number of carbonyl (C=O) groups excluding carboxylic acids is 2. The van der Waals surface area contributed by atoms with Gasteiger partial charge in [0.2, 0.25) is 5.89 Å². The highest BCUT2D eigenvalue weighted by Gasteiger charge is 2.12. The van der Waals surface area contributed by atoms with Gasteiger partial charge in [-0.1, -0.05) is 23.3 Å². The van der Waals surface area contributed by atoms with Crippen LogP contribution in [0.5, 0.6) is 0 Å². The summed E-state index contributed by atoms with van der Waals surface area (Å²) in [5.74, 6) is -0.912. The second-order valence-corrected chi connectivity index (χ2v) is 4.12. The molecule has 22 heavy (non-hydrogen) atoms. The molecule has 0 saturated heterocycles. The summed E-state index contributed by atoms with van der Waals surface area (Å²) in [5.41, 5.74) is 0.735. The fourth-order valence-electron chi connectivity index (χ4n) is 1.50. The fraction of sp³-hybridized carbons (Fsp3) is 0.286. The van der Waals surface area contributed by atoms with Gasteiger partial charge >= 0.3 is 12.0 Å². The zero-order chi connectivity index (χ0) is 15.8. The van der Waals surface area contributed by atoms with Crippen molar-refractivity contribution in [2.75, 3.05) is 25.1 Å². The van der Waals surface area contributed by atoms with Crippen molar-refractivity contribution in [1.29, 1.82) is 0 Å². The molecule has 2 aromatic rings. The Kier molecular flexibility index (Phi) is 5.61. The van der Waals surface area contributed by atoms with Crippen molar-refractivity contribution in [1.82, 2.24) is 10.2 Å². The van der Waals surface area contributed by atoms with Crippen molar-refractivity contribution in [3.63, 3.8) is 0 Å². The van der Waals surface area contributed by atoms with Crippen LogP contribution in [0.1, 0.15) is 6.92 Å². The standard InChI is InChI=1S/C14H15N3O5/c1-2-20-9-12(19)21-8-11(18)15-14-17-16-13(22-14)10-6-4-3-5-7-10/h3-7H,2,8-9H2,1H3,(H,15,17,18). The maximum absolute atomic E-state index is 11.6. The Morgan fingerprint density at radius 2 is 1.95 bits per heavy atom. The van der Waals surface area contributed by atoms with E-state index in [9.17, 15) is 9.59 Å². The molecule has 116 valence electrons. The number of nitrogens with zero attached hydrogens (tertiary/aromatic N) is 2. The van der Waals surface area contributed by atoms with E-state index < -0.39 is 18.5 Å². The minimum atomic E-state index is -0.618. The van der Waals surface area contributed by atoms with E-state index in [-0.39, 0.29) is 18.5 Å². The molecule has 0 radical (unpaired) electrons. The molecule has 0 aliphatic heterocycles. The molecule has 2 rings (SSSR count). The van der Waals surface area contributed by atoms with Gasteiger partial charge in [-0.3, -0.25) is 10.1 Å². The van der Waals surface area contributed by atoms with Crippen LogP contribution in [0.25, 0.3) is 11.5 Å². The van der Waals surface area contributed by atoms with E-state index in [4.69, 9.17) is 13.9 Å². The smallest absolute Gasteiger partial charge is 0.332 e. The summed E-state index contributed by atoms with van der Waals surface area (Å²) in [4.78, 5) is 22.7. The van der Waals surface area contributed by atoms with Crippen molar-refractivity contribution < 1.29 is 23.5 Å². The van der Waals surface area contributed by atoms with Gasteiger partial charge in [-0.05, 0) is 19.1 Å². The summed E-state index contributed by atoms with van der Waals surface area (Å²) in [6.07, 6.45) is 0. The maximum Gasteiger partial charge on any atom is 0.332 e. The number of nitrogens with one attached hydrogen (secondary N) is 1. The lowest BCUT2D eigenvalue weighted by molar-refractivity contribution is -0.151. The summed E-state index contributed by atoms with van der Waals surface area (Å²) in [7, 11) is 0. The SMILES string of the molecule is CCOCC(=O)OCC(=O)Nc1nnc(-c2ccccc2)o1. The predicted molar refractivity (Wildman–Crippen MR) is 75.8 cm³/mol. The third kappa shape index (κ3) is 4.67. The number of carbonyl (C=O) groups is 2. The first kappa shape index (κ1) is 15.6. The predicted octanol–water partition coefficient (Wildman–Crippen LogP) is 1.25. The number of ether oxygens (including phenoxy) is 2. The zero-order valence-electron chi connectivity index (χ0n) is 11.9. The van der Waals surface area contributed by atoms with Crippen molar-refractivity contribution in [2.24, 2.45) is 0 Å². The van der Waals surface area contributed by atoms with E-state index in [2.05, 4.69) is 15.5 Å². The minimum Gasteiger partial charge on any atom is -0.454 e. The number of esters is 1.